The van der Waals surface area contributed by atoms with Crippen molar-refractivity contribution in [3.05, 3.63) is 0 Å². The molecule has 2 rings (SSSR count). The summed E-state index contributed by atoms with van der Waals surface area (Å²) in [5.41, 5.74) is -0.167. The van der Waals surface area contributed by atoms with E-state index in [1.54, 1.807) is 7.05 Å². The Balaban J connectivity index is 1.93. The number of amides is 1. The van der Waals surface area contributed by atoms with E-state index in [-0.39, 0.29) is 11.3 Å². The molecule has 0 saturated carbocycles. The van der Waals surface area contributed by atoms with Crippen LogP contribution in [0.2, 0.25) is 0 Å². The number of carbonyl (C=O) groups is 1. The molecular weight excluding hydrogens is 202 g/mol. The monoisotopic (exact) mass is 225 g/mol. The second kappa shape index (κ2) is 4.72. The molecule has 2 N–H and O–H groups in total. The zero-order valence-electron chi connectivity index (χ0n) is 10.4. The van der Waals surface area contributed by atoms with E-state index in [9.17, 15) is 4.79 Å². The Labute approximate surface area is 97.8 Å². The normalized spacial score (nSPS) is 32.9. The van der Waals surface area contributed by atoms with Crippen LogP contribution in [0.25, 0.3) is 0 Å². The quantitative estimate of drug-likeness (QED) is 0.705. The molecule has 0 aromatic carbocycles. The fourth-order valence-corrected chi connectivity index (χ4v) is 2.97. The highest BCUT2D eigenvalue weighted by Crippen LogP contribution is 2.32. The Morgan fingerprint density at radius 3 is 2.75 bits per heavy atom. The summed E-state index contributed by atoms with van der Waals surface area (Å²) >= 11 is 0. The summed E-state index contributed by atoms with van der Waals surface area (Å²) in [7, 11) is 1.74. The first-order valence-corrected chi connectivity index (χ1v) is 6.33. The highest BCUT2D eigenvalue weighted by molar-refractivity contribution is 5.82. The van der Waals surface area contributed by atoms with Crippen LogP contribution in [0.4, 0.5) is 0 Å². The van der Waals surface area contributed by atoms with Gasteiger partial charge in [0.05, 0.1) is 5.41 Å². The molecule has 2 aliphatic heterocycles. The molecule has 92 valence electrons. The minimum atomic E-state index is -0.167. The van der Waals surface area contributed by atoms with Crippen LogP contribution in [0.1, 0.15) is 26.2 Å². The van der Waals surface area contributed by atoms with Crippen LogP contribution in [0.5, 0.6) is 0 Å². The van der Waals surface area contributed by atoms with Crippen molar-refractivity contribution in [3.63, 3.8) is 0 Å². The van der Waals surface area contributed by atoms with E-state index < -0.39 is 0 Å². The van der Waals surface area contributed by atoms with E-state index in [0.717, 1.165) is 32.6 Å². The third-order valence-electron chi connectivity index (χ3n) is 4.10. The van der Waals surface area contributed by atoms with Gasteiger partial charge in [0.15, 0.2) is 0 Å². The van der Waals surface area contributed by atoms with Crippen molar-refractivity contribution in [1.82, 2.24) is 15.5 Å². The molecule has 0 bridgehead atoms. The van der Waals surface area contributed by atoms with Gasteiger partial charge in [-0.05, 0) is 45.8 Å². The molecule has 2 saturated heterocycles. The molecule has 0 aromatic heterocycles. The summed E-state index contributed by atoms with van der Waals surface area (Å²) in [6.07, 6.45) is 3.45. The van der Waals surface area contributed by atoms with Gasteiger partial charge in [0, 0.05) is 19.6 Å². The van der Waals surface area contributed by atoms with Crippen LogP contribution in [0.3, 0.4) is 0 Å². The first-order chi connectivity index (χ1) is 7.65. The maximum Gasteiger partial charge on any atom is 0.227 e. The van der Waals surface area contributed by atoms with Gasteiger partial charge < -0.3 is 10.6 Å². The molecule has 2 heterocycles. The van der Waals surface area contributed by atoms with Gasteiger partial charge in [-0.25, -0.2) is 0 Å². The number of hydrogen-bond donors (Lipinski definition) is 2. The zero-order valence-corrected chi connectivity index (χ0v) is 10.4. The lowest BCUT2D eigenvalue weighted by molar-refractivity contribution is -0.129. The molecular formula is C12H23N3O. The molecule has 0 aromatic rings. The van der Waals surface area contributed by atoms with Crippen LogP contribution < -0.4 is 10.6 Å². The minimum Gasteiger partial charge on any atom is -0.359 e. The molecule has 2 fully saturated rings. The average molecular weight is 225 g/mol. The van der Waals surface area contributed by atoms with Gasteiger partial charge in [-0.2, -0.15) is 0 Å². The van der Waals surface area contributed by atoms with Crippen molar-refractivity contribution in [2.75, 3.05) is 33.2 Å². The standard InChI is InChI=1S/C12H23N3O/c1-12(11(16)13-2)5-8-15(9-12)10-3-6-14-7-4-10/h10,14H,3-9H2,1-2H3,(H,13,16). The van der Waals surface area contributed by atoms with E-state index in [0.29, 0.717) is 6.04 Å². The van der Waals surface area contributed by atoms with Crippen molar-refractivity contribution in [1.29, 1.82) is 0 Å². The lowest BCUT2D eigenvalue weighted by Crippen LogP contribution is -2.45. The molecule has 0 spiro atoms. The number of hydrogen-bond acceptors (Lipinski definition) is 3. The van der Waals surface area contributed by atoms with E-state index in [1.807, 2.05) is 0 Å². The Morgan fingerprint density at radius 2 is 2.12 bits per heavy atom. The van der Waals surface area contributed by atoms with Gasteiger partial charge in [-0.1, -0.05) is 0 Å². The number of nitrogens with one attached hydrogen (secondary N) is 2. The Hall–Kier alpha value is -0.610. The van der Waals surface area contributed by atoms with Crippen LogP contribution in [0.15, 0.2) is 0 Å². The highest BCUT2D eigenvalue weighted by Gasteiger charge is 2.41. The molecule has 16 heavy (non-hydrogen) atoms. The summed E-state index contributed by atoms with van der Waals surface area (Å²) in [5, 5.41) is 6.18. The van der Waals surface area contributed by atoms with Crippen molar-refractivity contribution in [3.8, 4) is 0 Å². The summed E-state index contributed by atoms with van der Waals surface area (Å²) in [6.45, 7) is 6.34. The largest absolute Gasteiger partial charge is 0.359 e. The third kappa shape index (κ3) is 2.23. The fourth-order valence-electron chi connectivity index (χ4n) is 2.97. The molecule has 4 nitrogen and oxygen atoms in total. The summed E-state index contributed by atoms with van der Waals surface area (Å²) in [6, 6.07) is 0.688. The first kappa shape index (κ1) is 11.9. The number of nitrogens with zero attached hydrogens (tertiary/aromatic N) is 1. The van der Waals surface area contributed by atoms with Gasteiger partial charge in [-0.15, -0.1) is 0 Å². The third-order valence-corrected chi connectivity index (χ3v) is 4.10. The lowest BCUT2D eigenvalue weighted by atomic mass is 9.89. The lowest BCUT2D eigenvalue weighted by Gasteiger charge is -2.32. The van der Waals surface area contributed by atoms with E-state index >= 15 is 0 Å². The molecule has 4 heteroatoms. The Kier molecular flexibility index (Phi) is 3.50. The zero-order chi connectivity index (χ0) is 11.6. The summed E-state index contributed by atoms with van der Waals surface area (Å²) in [5.74, 6) is 0.198. The Morgan fingerprint density at radius 1 is 1.44 bits per heavy atom. The molecule has 1 unspecified atom stereocenters. The maximum atomic E-state index is 11.8. The Bertz CT molecular complexity index is 263. The fraction of sp³-hybridized carbons (Fsp3) is 0.917. The molecule has 0 radical (unpaired) electrons. The molecule has 2 aliphatic rings. The average Bonchev–Trinajstić information content (AvgIpc) is 2.73. The maximum absolute atomic E-state index is 11.8. The van der Waals surface area contributed by atoms with E-state index in [1.165, 1.54) is 12.8 Å². The van der Waals surface area contributed by atoms with Gasteiger partial charge in [0.25, 0.3) is 0 Å². The van der Waals surface area contributed by atoms with Gasteiger partial charge >= 0.3 is 0 Å². The predicted molar refractivity (Wildman–Crippen MR) is 64.3 cm³/mol. The topological polar surface area (TPSA) is 44.4 Å². The number of carbonyl (C=O) groups excluding carboxylic acids is 1. The first-order valence-electron chi connectivity index (χ1n) is 6.33. The van der Waals surface area contributed by atoms with E-state index in [2.05, 4.69) is 22.5 Å². The summed E-state index contributed by atoms with van der Waals surface area (Å²) < 4.78 is 0. The van der Waals surface area contributed by atoms with Crippen molar-refractivity contribution >= 4 is 5.91 Å². The van der Waals surface area contributed by atoms with Crippen molar-refractivity contribution in [2.45, 2.75) is 32.2 Å². The van der Waals surface area contributed by atoms with Crippen LogP contribution in [-0.4, -0.2) is 50.1 Å². The van der Waals surface area contributed by atoms with Crippen molar-refractivity contribution < 1.29 is 4.79 Å². The van der Waals surface area contributed by atoms with Crippen LogP contribution >= 0.6 is 0 Å². The van der Waals surface area contributed by atoms with Gasteiger partial charge in [-0.3, -0.25) is 9.69 Å². The van der Waals surface area contributed by atoms with Gasteiger partial charge in [0.2, 0.25) is 5.91 Å². The number of piperidine rings is 1. The number of likely N-dealkylation sites (tertiary alicyclic amines) is 1. The van der Waals surface area contributed by atoms with Gasteiger partial charge in [0.1, 0.15) is 0 Å². The predicted octanol–water partition coefficient (Wildman–Crippen LogP) is 0.196. The molecule has 1 atom stereocenters. The van der Waals surface area contributed by atoms with Crippen molar-refractivity contribution in [2.24, 2.45) is 5.41 Å². The molecule has 0 aliphatic carbocycles. The smallest absolute Gasteiger partial charge is 0.227 e. The van der Waals surface area contributed by atoms with E-state index in [4.69, 9.17) is 0 Å². The SMILES string of the molecule is CNC(=O)C1(C)CCN(C2CCNCC2)C1. The minimum absolute atomic E-state index is 0.167. The highest BCUT2D eigenvalue weighted by atomic mass is 16.2. The van der Waals surface area contributed by atoms with Crippen LogP contribution in [0, 0.1) is 5.41 Å². The van der Waals surface area contributed by atoms with Crippen LogP contribution in [-0.2, 0) is 4.79 Å². The second-order valence-electron chi connectivity index (χ2n) is 5.34. The number of rotatable bonds is 2. The second-order valence-corrected chi connectivity index (χ2v) is 5.34. The summed E-state index contributed by atoms with van der Waals surface area (Å²) in [4.78, 5) is 14.3. The molecule has 1 amide bonds.